The van der Waals surface area contributed by atoms with Crippen LogP contribution in [0.1, 0.15) is 38.2 Å². The summed E-state index contributed by atoms with van der Waals surface area (Å²) in [7, 11) is 1.63. The van der Waals surface area contributed by atoms with Gasteiger partial charge >= 0.3 is 0 Å². The maximum absolute atomic E-state index is 5.71. The Hall–Kier alpha value is -1.71. The lowest BCUT2D eigenvalue weighted by molar-refractivity contribution is 0.285. The number of benzene rings is 1. The maximum Gasteiger partial charge on any atom is 0.161 e. The van der Waals surface area contributed by atoms with Crippen LogP contribution < -0.4 is 15.3 Å². The van der Waals surface area contributed by atoms with Crippen molar-refractivity contribution in [3.05, 3.63) is 23.8 Å². The van der Waals surface area contributed by atoms with E-state index in [1.807, 2.05) is 18.2 Å². The molecule has 0 atom stereocenters. The van der Waals surface area contributed by atoms with Crippen LogP contribution in [0.25, 0.3) is 0 Å². The zero-order valence-electron chi connectivity index (χ0n) is 11.2. The highest BCUT2D eigenvalue weighted by Gasteiger charge is 2.04. The number of unbranched alkanes of at least 4 members (excludes halogenated alkanes) is 3. The highest BCUT2D eigenvalue weighted by Crippen LogP contribution is 2.27. The number of hydrogen-bond donors (Lipinski definition) is 1. The van der Waals surface area contributed by atoms with Crippen molar-refractivity contribution < 1.29 is 9.47 Å². The number of ether oxygens (including phenoxy) is 2. The van der Waals surface area contributed by atoms with Crippen LogP contribution in [0, 0.1) is 0 Å². The summed E-state index contributed by atoms with van der Waals surface area (Å²) in [4.78, 5) is 0. The van der Waals surface area contributed by atoms with Gasteiger partial charge in [0.15, 0.2) is 11.5 Å². The van der Waals surface area contributed by atoms with E-state index in [1.165, 1.54) is 19.3 Å². The van der Waals surface area contributed by atoms with E-state index in [9.17, 15) is 0 Å². The molecular formula is C14H22N2O2. The minimum Gasteiger partial charge on any atom is -0.493 e. The van der Waals surface area contributed by atoms with Crippen molar-refractivity contribution in [3.63, 3.8) is 0 Å². The molecule has 0 heterocycles. The smallest absolute Gasteiger partial charge is 0.161 e. The molecule has 100 valence electrons. The van der Waals surface area contributed by atoms with Gasteiger partial charge in [0.05, 0.1) is 19.9 Å². The molecule has 4 heteroatoms. The van der Waals surface area contributed by atoms with Crippen LogP contribution in [0.15, 0.2) is 23.3 Å². The van der Waals surface area contributed by atoms with E-state index in [0.717, 1.165) is 24.3 Å². The van der Waals surface area contributed by atoms with Gasteiger partial charge in [-0.25, -0.2) is 0 Å². The Kier molecular flexibility index (Phi) is 6.69. The Bertz CT molecular complexity index is 378. The van der Waals surface area contributed by atoms with Crippen LogP contribution in [0.2, 0.25) is 0 Å². The largest absolute Gasteiger partial charge is 0.493 e. The van der Waals surface area contributed by atoms with Gasteiger partial charge in [-0.1, -0.05) is 26.2 Å². The van der Waals surface area contributed by atoms with E-state index < -0.39 is 0 Å². The Morgan fingerprint density at radius 2 is 2.06 bits per heavy atom. The number of hydrogen-bond acceptors (Lipinski definition) is 4. The molecule has 0 aliphatic carbocycles. The molecule has 0 spiro atoms. The van der Waals surface area contributed by atoms with Gasteiger partial charge < -0.3 is 15.3 Å². The Morgan fingerprint density at radius 3 is 2.72 bits per heavy atom. The lowest BCUT2D eigenvalue weighted by Gasteiger charge is -2.11. The first kappa shape index (κ1) is 14.4. The first-order valence-electron chi connectivity index (χ1n) is 6.36. The molecule has 18 heavy (non-hydrogen) atoms. The van der Waals surface area contributed by atoms with E-state index in [1.54, 1.807) is 13.3 Å². The molecule has 1 aromatic carbocycles. The molecule has 0 fully saturated rings. The minimum atomic E-state index is 0.711. The number of rotatable bonds is 8. The zero-order chi connectivity index (χ0) is 13.2. The van der Waals surface area contributed by atoms with Crippen LogP contribution in [-0.4, -0.2) is 19.9 Å². The van der Waals surface area contributed by atoms with E-state index in [4.69, 9.17) is 15.3 Å². The van der Waals surface area contributed by atoms with Crippen LogP contribution in [-0.2, 0) is 0 Å². The molecular weight excluding hydrogens is 228 g/mol. The Morgan fingerprint density at radius 1 is 1.22 bits per heavy atom. The normalized spacial score (nSPS) is 10.8. The fourth-order valence-electron chi connectivity index (χ4n) is 1.68. The predicted octanol–water partition coefficient (Wildman–Crippen LogP) is 2.95. The lowest BCUT2D eigenvalue weighted by atomic mass is 10.2. The third-order valence-electron chi connectivity index (χ3n) is 2.67. The van der Waals surface area contributed by atoms with Crippen LogP contribution in [0.3, 0.4) is 0 Å². The molecule has 0 aliphatic rings. The van der Waals surface area contributed by atoms with Crippen LogP contribution in [0.5, 0.6) is 11.5 Å². The van der Waals surface area contributed by atoms with Crippen molar-refractivity contribution in [1.82, 2.24) is 0 Å². The summed E-state index contributed by atoms with van der Waals surface area (Å²) < 4.78 is 11.0. The van der Waals surface area contributed by atoms with E-state index in [-0.39, 0.29) is 0 Å². The average Bonchev–Trinajstić information content (AvgIpc) is 2.40. The second-order valence-electron chi connectivity index (χ2n) is 4.10. The Balaban J connectivity index is 2.54. The molecule has 0 amide bonds. The van der Waals surface area contributed by atoms with Gasteiger partial charge in [-0.3, -0.25) is 0 Å². The molecule has 0 radical (unpaired) electrons. The minimum absolute atomic E-state index is 0.711. The molecule has 0 bridgehead atoms. The van der Waals surface area contributed by atoms with Gasteiger partial charge in [0.25, 0.3) is 0 Å². The zero-order valence-corrected chi connectivity index (χ0v) is 11.2. The standard InChI is InChI=1S/C14H22N2O2/c1-3-4-5-6-9-18-13-8-7-12(11-16-15)10-14(13)17-2/h7-8,10-11H,3-6,9,15H2,1-2H3. The summed E-state index contributed by atoms with van der Waals surface area (Å²) in [6.07, 6.45) is 6.34. The molecule has 4 nitrogen and oxygen atoms in total. The van der Waals surface area contributed by atoms with Crippen molar-refractivity contribution in [2.24, 2.45) is 10.9 Å². The third-order valence-corrected chi connectivity index (χ3v) is 2.67. The number of nitrogens with zero attached hydrogens (tertiary/aromatic N) is 1. The molecule has 2 N–H and O–H groups in total. The molecule has 1 rings (SSSR count). The fourth-order valence-corrected chi connectivity index (χ4v) is 1.68. The molecule has 0 aliphatic heterocycles. The monoisotopic (exact) mass is 250 g/mol. The predicted molar refractivity (Wildman–Crippen MR) is 74.4 cm³/mol. The Labute approximate surface area is 109 Å². The van der Waals surface area contributed by atoms with Gasteiger partial charge in [0.1, 0.15) is 0 Å². The molecule has 0 unspecified atom stereocenters. The van der Waals surface area contributed by atoms with Crippen molar-refractivity contribution >= 4 is 6.21 Å². The topological polar surface area (TPSA) is 56.8 Å². The summed E-state index contributed by atoms with van der Waals surface area (Å²) in [5.74, 6) is 6.59. The SMILES string of the molecule is CCCCCCOc1ccc(C=NN)cc1OC. The van der Waals surface area contributed by atoms with Crippen LogP contribution in [0.4, 0.5) is 0 Å². The summed E-state index contributed by atoms with van der Waals surface area (Å²) in [6.45, 7) is 2.92. The van der Waals surface area contributed by atoms with E-state index in [2.05, 4.69) is 12.0 Å². The highest BCUT2D eigenvalue weighted by atomic mass is 16.5. The average molecular weight is 250 g/mol. The van der Waals surface area contributed by atoms with Crippen LogP contribution >= 0.6 is 0 Å². The van der Waals surface area contributed by atoms with Crippen molar-refractivity contribution in [2.45, 2.75) is 32.6 Å². The van der Waals surface area contributed by atoms with Crippen molar-refractivity contribution in [2.75, 3.05) is 13.7 Å². The van der Waals surface area contributed by atoms with Gasteiger partial charge in [0.2, 0.25) is 0 Å². The fraction of sp³-hybridized carbons (Fsp3) is 0.500. The quantitative estimate of drug-likeness (QED) is 0.334. The lowest BCUT2D eigenvalue weighted by Crippen LogP contribution is -2.00. The number of hydrazone groups is 1. The van der Waals surface area contributed by atoms with Gasteiger partial charge in [-0.15, -0.1) is 0 Å². The number of methoxy groups -OCH3 is 1. The van der Waals surface area contributed by atoms with Gasteiger partial charge in [0, 0.05) is 0 Å². The maximum atomic E-state index is 5.71. The first-order chi connectivity index (χ1) is 8.81. The summed E-state index contributed by atoms with van der Waals surface area (Å²) in [5, 5.41) is 3.49. The molecule has 0 aromatic heterocycles. The van der Waals surface area contributed by atoms with E-state index >= 15 is 0 Å². The second-order valence-corrected chi connectivity index (χ2v) is 4.10. The molecule has 0 saturated carbocycles. The van der Waals surface area contributed by atoms with Gasteiger partial charge in [-0.2, -0.15) is 5.10 Å². The van der Waals surface area contributed by atoms with Crippen molar-refractivity contribution in [1.29, 1.82) is 0 Å². The summed E-state index contributed by atoms with van der Waals surface area (Å²) in [5.41, 5.74) is 0.896. The molecule has 0 saturated heterocycles. The molecule has 1 aromatic rings. The highest BCUT2D eigenvalue weighted by molar-refractivity contribution is 5.80. The summed E-state index contributed by atoms with van der Waals surface area (Å²) >= 11 is 0. The van der Waals surface area contributed by atoms with Gasteiger partial charge in [-0.05, 0) is 30.2 Å². The second kappa shape index (κ2) is 8.39. The third kappa shape index (κ3) is 4.65. The van der Waals surface area contributed by atoms with E-state index in [0.29, 0.717) is 5.75 Å². The number of nitrogens with two attached hydrogens (primary N) is 1. The summed E-state index contributed by atoms with van der Waals surface area (Å²) in [6, 6.07) is 5.65. The first-order valence-corrected chi connectivity index (χ1v) is 6.36. The van der Waals surface area contributed by atoms with Crippen molar-refractivity contribution in [3.8, 4) is 11.5 Å².